The number of aliphatic hydroxyl groups excluding tert-OH is 2. The van der Waals surface area contributed by atoms with Gasteiger partial charge in [-0.25, -0.2) is 0 Å². The molecule has 524 valence electrons. The lowest BCUT2D eigenvalue weighted by Crippen LogP contribution is -2.27. The van der Waals surface area contributed by atoms with Gasteiger partial charge in [-0.05, 0) is 273 Å². The standard InChI is InChI=1S/C30H34BrNO2.C30H31NO3.C30H35NO2/c1-32-20-5-9-27(32)19-22-34-28-17-13-25(14-18-28)30(24-11-15-26(31)16-12-24)29(10-6-21-33)23-7-3-2-4-8-23;32-27-14-10-24(11-15-27)30(28(16-17-29(33)34)22-4-2-1-3-5-22)23-8-6-21(7-9-23)25-18-19-31(20-25)26-12-13-26;1-22(2)31-19-18-27(21-31)23-10-12-25(13-11-23)30(26-14-16-28(33)17-15-26)29(9-6-20-32)24-7-4-3-5-8-24/h2-4,7-8,11-18,27,33H,5-6,9-10,19-22H2,1H3;1-11,14-15,25-26,32H,12-13,16-20H2,(H,33,34);3-5,7-8,10-17,22,27,32-33H,6,9,18-21H2,1-2H3/b30-29-;30-28+;30-29+. The van der Waals surface area contributed by atoms with Crippen LogP contribution in [0.25, 0.3) is 33.4 Å². The highest BCUT2D eigenvalue weighted by Crippen LogP contribution is 2.42. The summed E-state index contributed by atoms with van der Waals surface area (Å²) in [6.45, 7) is 11.5. The van der Waals surface area contributed by atoms with E-state index in [0.29, 0.717) is 36.8 Å². The normalized spacial score (nSPS) is 17.8. The summed E-state index contributed by atoms with van der Waals surface area (Å²) >= 11 is 3.57. The van der Waals surface area contributed by atoms with Crippen molar-refractivity contribution in [2.75, 3.05) is 59.6 Å². The molecule has 4 aliphatic rings. The van der Waals surface area contributed by atoms with E-state index in [0.717, 1.165) is 112 Å². The fourth-order valence-corrected chi connectivity index (χ4v) is 15.2. The van der Waals surface area contributed by atoms with Crippen LogP contribution in [-0.4, -0.2) is 124 Å². The third-order valence-corrected chi connectivity index (χ3v) is 21.1. The topological polar surface area (TPSA) is 137 Å². The highest BCUT2D eigenvalue weighted by atomic mass is 79.9. The number of carbonyl (C=O) groups is 1. The minimum absolute atomic E-state index is 0.0585. The van der Waals surface area contributed by atoms with Gasteiger partial charge in [-0.15, -0.1) is 0 Å². The van der Waals surface area contributed by atoms with Gasteiger partial charge in [-0.1, -0.05) is 204 Å². The molecular weight excluding hydrogens is 1310 g/mol. The average molecular weight is 1420 g/mol. The maximum Gasteiger partial charge on any atom is 0.303 e. The number of carboxylic acid groups (broad SMARTS) is 1. The number of aliphatic carboxylic acids is 1. The zero-order chi connectivity index (χ0) is 70.5. The molecule has 5 N–H and O–H groups in total. The fourth-order valence-electron chi connectivity index (χ4n) is 14.9. The zero-order valence-corrected chi connectivity index (χ0v) is 60.6. The lowest BCUT2D eigenvalue weighted by Gasteiger charge is -2.21. The molecule has 0 radical (unpaired) electrons. The number of allylic oxidation sites excluding steroid dienone is 3. The zero-order valence-electron chi connectivity index (χ0n) is 59.0. The summed E-state index contributed by atoms with van der Waals surface area (Å²) in [5.41, 5.74) is 19.6. The molecule has 1 aliphatic carbocycles. The molecule has 10 nitrogen and oxygen atoms in total. The summed E-state index contributed by atoms with van der Waals surface area (Å²) in [5.74, 6) is 1.75. The van der Waals surface area contributed by atoms with E-state index in [-0.39, 0.29) is 31.1 Å². The second-order valence-electron chi connectivity index (χ2n) is 27.8. The Kier molecular flexibility index (Phi) is 26.8. The number of aliphatic hydroxyl groups is 2. The molecule has 3 atom stereocenters. The van der Waals surface area contributed by atoms with Crippen LogP contribution in [0, 0.1) is 0 Å². The van der Waals surface area contributed by atoms with E-state index in [9.17, 15) is 30.3 Å². The number of phenols is 2. The first kappa shape index (κ1) is 73.6. The molecule has 0 amide bonds. The molecule has 3 aliphatic heterocycles. The molecular formula is C90H100BrN3O7. The third-order valence-electron chi connectivity index (χ3n) is 20.6. The van der Waals surface area contributed by atoms with E-state index < -0.39 is 5.97 Å². The van der Waals surface area contributed by atoms with Crippen LogP contribution in [0.15, 0.2) is 241 Å². The Labute approximate surface area is 607 Å². The Hall–Kier alpha value is -8.65. The number of likely N-dealkylation sites (tertiary alicyclic amines) is 3. The molecule has 0 spiro atoms. The second-order valence-corrected chi connectivity index (χ2v) is 28.7. The SMILES string of the molecule is CC(C)N1CCC(c2ccc(/C(=C(/CCCO)c3ccccc3)c3ccc(O)cc3)cc2)C1.CN1CCCC1CCOc1ccc(/C(=C(/CCCO)c2ccccc2)c2ccc(Br)cc2)cc1.O=C(O)CC/C(=C(\c1ccc(O)cc1)c1ccc(C2CCN(C3CC3)C2)cc1)c1ccccc1. The van der Waals surface area contributed by atoms with Gasteiger partial charge < -0.3 is 40.1 Å². The molecule has 3 heterocycles. The molecule has 11 heteroatoms. The Morgan fingerprint density at radius 1 is 0.465 bits per heavy atom. The van der Waals surface area contributed by atoms with Gasteiger partial charge in [0.15, 0.2) is 0 Å². The molecule has 1 saturated carbocycles. The predicted molar refractivity (Wildman–Crippen MR) is 418 cm³/mol. The third kappa shape index (κ3) is 20.3. The smallest absolute Gasteiger partial charge is 0.303 e. The van der Waals surface area contributed by atoms with Gasteiger partial charge in [-0.3, -0.25) is 9.69 Å². The summed E-state index contributed by atoms with van der Waals surface area (Å²) in [4.78, 5) is 19.1. The maximum atomic E-state index is 11.5. The summed E-state index contributed by atoms with van der Waals surface area (Å²) in [6, 6.07) is 82.6. The van der Waals surface area contributed by atoms with E-state index in [1.165, 1.54) is 103 Å². The first-order chi connectivity index (χ1) is 49.3. The van der Waals surface area contributed by atoms with Crippen LogP contribution < -0.4 is 4.74 Å². The lowest BCUT2D eigenvalue weighted by atomic mass is 9.86. The molecule has 13 rings (SSSR count). The number of benzene rings is 9. The van der Waals surface area contributed by atoms with Crippen molar-refractivity contribution in [2.24, 2.45) is 0 Å². The Morgan fingerprint density at radius 3 is 1.27 bits per heavy atom. The van der Waals surface area contributed by atoms with Crippen molar-refractivity contribution in [1.29, 1.82) is 0 Å². The van der Waals surface area contributed by atoms with Crippen molar-refractivity contribution in [1.82, 2.24) is 14.7 Å². The van der Waals surface area contributed by atoms with Crippen LogP contribution in [0.3, 0.4) is 0 Å². The van der Waals surface area contributed by atoms with Gasteiger partial charge >= 0.3 is 5.97 Å². The minimum Gasteiger partial charge on any atom is -0.508 e. The number of rotatable bonds is 26. The van der Waals surface area contributed by atoms with Crippen molar-refractivity contribution in [3.63, 3.8) is 0 Å². The molecule has 9 aromatic carbocycles. The first-order valence-corrected chi connectivity index (χ1v) is 37.4. The van der Waals surface area contributed by atoms with Gasteiger partial charge in [0.2, 0.25) is 0 Å². The van der Waals surface area contributed by atoms with Crippen LogP contribution in [0.4, 0.5) is 0 Å². The Bertz CT molecular complexity index is 4140. The summed E-state index contributed by atoms with van der Waals surface area (Å²) < 4.78 is 7.16. The maximum absolute atomic E-state index is 11.5. The molecule has 4 fully saturated rings. The quantitative estimate of drug-likeness (QED) is 0.0333. The molecule has 101 heavy (non-hydrogen) atoms. The summed E-state index contributed by atoms with van der Waals surface area (Å²) in [7, 11) is 2.21. The van der Waals surface area contributed by atoms with Crippen LogP contribution in [0.5, 0.6) is 17.2 Å². The summed E-state index contributed by atoms with van der Waals surface area (Å²) in [6.07, 6.45) is 12.3. The predicted octanol–water partition coefficient (Wildman–Crippen LogP) is 19.5. The largest absolute Gasteiger partial charge is 0.508 e. The number of carboxylic acids is 1. The van der Waals surface area contributed by atoms with E-state index in [1.54, 1.807) is 24.3 Å². The Morgan fingerprint density at radius 2 is 0.871 bits per heavy atom. The van der Waals surface area contributed by atoms with Crippen molar-refractivity contribution in [2.45, 2.75) is 127 Å². The highest BCUT2D eigenvalue weighted by Gasteiger charge is 2.35. The van der Waals surface area contributed by atoms with Crippen molar-refractivity contribution < 1.29 is 35.1 Å². The molecule has 0 bridgehead atoms. The van der Waals surface area contributed by atoms with Gasteiger partial charge in [0.05, 0.1) is 6.61 Å². The molecule has 0 aromatic heterocycles. The summed E-state index contributed by atoms with van der Waals surface area (Å²) in [5, 5.41) is 48.3. The van der Waals surface area contributed by atoms with Gasteiger partial charge in [0.25, 0.3) is 0 Å². The Balaban J connectivity index is 0.000000153. The van der Waals surface area contributed by atoms with Crippen LogP contribution in [0.2, 0.25) is 0 Å². The first-order valence-electron chi connectivity index (χ1n) is 36.6. The number of halogens is 1. The van der Waals surface area contributed by atoms with Crippen molar-refractivity contribution in [3.8, 4) is 17.2 Å². The van der Waals surface area contributed by atoms with Crippen molar-refractivity contribution in [3.05, 3.63) is 302 Å². The number of hydrogen-bond acceptors (Lipinski definition) is 9. The molecule has 9 aromatic rings. The van der Waals surface area contributed by atoms with Gasteiger partial charge in [-0.2, -0.15) is 0 Å². The number of ether oxygens (including phenoxy) is 1. The molecule has 3 saturated heterocycles. The van der Waals surface area contributed by atoms with Crippen LogP contribution in [0.1, 0.15) is 170 Å². The highest BCUT2D eigenvalue weighted by molar-refractivity contribution is 9.10. The number of phenolic OH excluding ortho intramolecular Hbond substituents is 2. The molecule has 3 unspecified atom stereocenters. The fraction of sp³-hybridized carbons (Fsp3) is 0.322. The monoisotopic (exact) mass is 1410 g/mol. The average Bonchev–Trinajstić information content (AvgIpc) is 1.56. The van der Waals surface area contributed by atoms with Gasteiger partial charge in [0.1, 0.15) is 17.2 Å². The van der Waals surface area contributed by atoms with E-state index in [2.05, 4.69) is 197 Å². The van der Waals surface area contributed by atoms with E-state index >= 15 is 0 Å². The minimum atomic E-state index is -0.810. The van der Waals surface area contributed by atoms with Crippen molar-refractivity contribution >= 4 is 55.3 Å². The van der Waals surface area contributed by atoms with Crippen LogP contribution in [-0.2, 0) is 4.79 Å². The van der Waals surface area contributed by atoms with Crippen LogP contribution >= 0.6 is 15.9 Å². The lowest BCUT2D eigenvalue weighted by molar-refractivity contribution is -0.136. The van der Waals surface area contributed by atoms with E-state index in [1.807, 2.05) is 66.7 Å². The second kappa shape index (κ2) is 36.8. The number of hydrogen-bond donors (Lipinski definition) is 5. The number of aromatic hydroxyl groups is 2. The van der Waals surface area contributed by atoms with E-state index in [4.69, 9.17) is 4.74 Å². The van der Waals surface area contributed by atoms with Gasteiger partial charge in [0, 0.05) is 55.3 Å². The number of nitrogens with zero attached hydrogens (tertiary/aromatic N) is 3.